The van der Waals surface area contributed by atoms with Crippen LogP contribution in [0.1, 0.15) is 23.6 Å². The molecule has 0 aliphatic rings. The van der Waals surface area contributed by atoms with Crippen LogP contribution < -0.4 is 4.74 Å². The summed E-state index contributed by atoms with van der Waals surface area (Å²) in [4.78, 5) is 5.41. The lowest BCUT2D eigenvalue weighted by molar-refractivity contribution is 0.202. The monoisotopic (exact) mass is 327 g/mol. The second-order valence-corrected chi connectivity index (χ2v) is 5.88. The van der Waals surface area contributed by atoms with E-state index in [0.29, 0.717) is 0 Å². The van der Waals surface area contributed by atoms with Gasteiger partial charge >= 0.3 is 0 Å². The second-order valence-electron chi connectivity index (χ2n) is 3.99. The molecule has 1 N–H and O–H groups in total. The predicted octanol–water partition coefficient (Wildman–Crippen LogP) is 3.94. The second kappa shape index (κ2) is 5.38. The van der Waals surface area contributed by atoms with Crippen LogP contribution in [0.2, 0.25) is 0 Å². The van der Waals surface area contributed by atoms with Gasteiger partial charge in [0.2, 0.25) is 0 Å². The summed E-state index contributed by atoms with van der Waals surface area (Å²) in [5.41, 5.74) is 1.90. The molecule has 1 heterocycles. The Bertz CT molecular complexity index is 566. The summed E-state index contributed by atoms with van der Waals surface area (Å²) in [5, 5.41) is 10.6. The molecular weight excluding hydrogens is 314 g/mol. The first-order valence-electron chi connectivity index (χ1n) is 5.52. The molecule has 2 aromatic rings. The molecule has 18 heavy (non-hydrogen) atoms. The Balaban J connectivity index is 2.43. The number of nitrogens with zero attached hydrogens (tertiary/aromatic N) is 1. The van der Waals surface area contributed by atoms with Crippen LogP contribution in [0.3, 0.4) is 0 Å². The third-order valence-corrected chi connectivity index (χ3v) is 4.61. The lowest BCUT2D eigenvalue weighted by atomic mass is 10.2. The molecule has 1 atom stereocenters. The Labute approximate surface area is 119 Å². The van der Waals surface area contributed by atoms with Crippen LogP contribution in [0.25, 0.3) is 10.6 Å². The van der Waals surface area contributed by atoms with Gasteiger partial charge in [0.05, 0.1) is 28.3 Å². The van der Waals surface area contributed by atoms with E-state index in [4.69, 9.17) is 4.74 Å². The summed E-state index contributed by atoms with van der Waals surface area (Å²) in [6, 6.07) is 5.84. The van der Waals surface area contributed by atoms with Crippen molar-refractivity contribution >= 4 is 27.3 Å². The number of rotatable bonds is 3. The summed E-state index contributed by atoms with van der Waals surface area (Å²) < 4.78 is 6.10. The number of aromatic nitrogens is 1. The van der Waals surface area contributed by atoms with Crippen LogP contribution >= 0.6 is 27.3 Å². The molecule has 1 aromatic heterocycles. The van der Waals surface area contributed by atoms with Crippen molar-refractivity contribution < 1.29 is 9.84 Å². The average Bonchev–Trinajstić information content (AvgIpc) is 2.71. The molecule has 0 aliphatic carbocycles. The molecule has 2 rings (SSSR count). The first-order valence-corrected chi connectivity index (χ1v) is 7.13. The highest BCUT2D eigenvalue weighted by atomic mass is 79.9. The Kier molecular flexibility index (Phi) is 4.04. The zero-order valence-electron chi connectivity index (χ0n) is 10.4. The summed E-state index contributed by atoms with van der Waals surface area (Å²) in [6.07, 6.45) is -0.474. The SMILES string of the molecule is COc1ccc(-c2nc(C)c(C(C)O)s2)cc1Br. The number of aliphatic hydroxyl groups excluding tert-OH is 1. The molecule has 0 saturated carbocycles. The molecule has 1 unspecified atom stereocenters. The Morgan fingerprint density at radius 2 is 2.17 bits per heavy atom. The molecule has 1 aromatic carbocycles. The number of thiazole rings is 1. The molecule has 0 bridgehead atoms. The van der Waals surface area contributed by atoms with Crippen LogP contribution in [0.5, 0.6) is 5.75 Å². The first kappa shape index (κ1) is 13.5. The molecule has 0 amide bonds. The summed E-state index contributed by atoms with van der Waals surface area (Å²) in [7, 11) is 1.64. The standard InChI is InChI=1S/C13H14BrNO2S/c1-7-12(8(2)16)18-13(15-7)9-4-5-11(17-3)10(14)6-9/h4-6,8,16H,1-3H3. The fourth-order valence-electron chi connectivity index (χ4n) is 1.72. The average molecular weight is 328 g/mol. The van der Waals surface area contributed by atoms with Gasteiger partial charge in [0.1, 0.15) is 10.8 Å². The topological polar surface area (TPSA) is 42.4 Å². The molecule has 0 saturated heterocycles. The maximum Gasteiger partial charge on any atom is 0.133 e. The van der Waals surface area contributed by atoms with Gasteiger partial charge in [-0.2, -0.15) is 0 Å². The minimum absolute atomic E-state index is 0.474. The molecule has 0 radical (unpaired) electrons. The maximum atomic E-state index is 9.64. The highest BCUT2D eigenvalue weighted by Gasteiger charge is 2.14. The molecule has 0 fully saturated rings. The third-order valence-electron chi connectivity index (χ3n) is 2.61. The van der Waals surface area contributed by atoms with Crippen molar-refractivity contribution in [2.45, 2.75) is 20.0 Å². The van der Waals surface area contributed by atoms with Crippen LogP contribution in [0.15, 0.2) is 22.7 Å². The molecule has 3 nitrogen and oxygen atoms in total. The molecule has 5 heteroatoms. The van der Waals surface area contributed by atoms with Crippen LogP contribution in [-0.2, 0) is 0 Å². The van der Waals surface area contributed by atoms with Gasteiger partial charge in [-0.05, 0) is 48.0 Å². The van der Waals surface area contributed by atoms with E-state index in [1.165, 1.54) is 11.3 Å². The normalized spacial score (nSPS) is 12.5. The van der Waals surface area contributed by atoms with Gasteiger partial charge in [-0.25, -0.2) is 4.98 Å². The van der Waals surface area contributed by atoms with E-state index < -0.39 is 6.10 Å². The number of ether oxygens (including phenoxy) is 1. The lowest BCUT2D eigenvalue weighted by Crippen LogP contribution is -1.88. The molecule has 0 aliphatic heterocycles. The summed E-state index contributed by atoms with van der Waals surface area (Å²) >= 11 is 4.98. The number of aliphatic hydroxyl groups is 1. The van der Waals surface area contributed by atoms with Crippen molar-refractivity contribution in [2.24, 2.45) is 0 Å². The summed E-state index contributed by atoms with van der Waals surface area (Å²) in [6.45, 7) is 3.68. The van der Waals surface area contributed by atoms with Crippen LogP contribution in [0, 0.1) is 6.92 Å². The van der Waals surface area contributed by atoms with Crippen molar-refractivity contribution in [3.63, 3.8) is 0 Å². The Hall–Kier alpha value is -0.910. The highest BCUT2D eigenvalue weighted by molar-refractivity contribution is 9.10. The summed E-state index contributed by atoms with van der Waals surface area (Å²) in [5.74, 6) is 0.794. The smallest absolute Gasteiger partial charge is 0.133 e. The lowest BCUT2D eigenvalue weighted by Gasteiger charge is -2.04. The van der Waals surface area contributed by atoms with Crippen LogP contribution in [-0.4, -0.2) is 17.2 Å². The molecular formula is C13H14BrNO2S. The van der Waals surface area contributed by atoms with Gasteiger partial charge in [0.15, 0.2) is 0 Å². The van der Waals surface area contributed by atoms with E-state index in [2.05, 4.69) is 20.9 Å². The number of benzene rings is 1. The first-order chi connectivity index (χ1) is 8.52. The highest BCUT2D eigenvalue weighted by Crippen LogP contribution is 2.35. The van der Waals surface area contributed by atoms with Crippen LogP contribution in [0.4, 0.5) is 0 Å². The number of hydrogen-bond donors (Lipinski definition) is 1. The Morgan fingerprint density at radius 3 is 2.67 bits per heavy atom. The quantitative estimate of drug-likeness (QED) is 0.928. The van der Waals surface area contributed by atoms with Gasteiger partial charge in [-0.1, -0.05) is 0 Å². The van der Waals surface area contributed by atoms with Crippen molar-refractivity contribution in [3.8, 4) is 16.3 Å². The van der Waals surface area contributed by atoms with E-state index in [9.17, 15) is 5.11 Å². The zero-order chi connectivity index (χ0) is 13.3. The van der Waals surface area contributed by atoms with Crippen molar-refractivity contribution in [1.82, 2.24) is 4.98 Å². The van der Waals surface area contributed by atoms with Gasteiger partial charge in [0, 0.05) is 5.56 Å². The zero-order valence-corrected chi connectivity index (χ0v) is 12.8. The Morgan fingerprint density at radius 1 is 1.44 bits per heavy atom. The van der Waals surface area contributed by atoms with Gasteiger partial charge in [0.25, 0.3) is 0 Å². The minimum atomic E-state index is -0.474. The van der Waals surface area contributed by atoms with E-state index in [1.807, 2.05) is 25.1 Å². The molecule has 96 valence electrons. The minimum Gasteiger partial charge on any atom is -0.496 e. The predicted molar refractivity (Wildman–Crippen MR) is 77.2 cm³/mol. The van der Waals surface area contributed by atoms with Gasteiger partial charge in [-0.15, -0.1) is 11.3 Å². The van der Waals surface area contributed by atoms with E-state index >= 15 is 0 Å². The fourth-order valence-corrected chi connectivity index (χ4v) is 3.26. The van der Waals surface area contributed by atoms with Gasteiger partial charge < -0.3 is 9.84 Å². The van der Waals surface area contributed by atoms with Crippen molar-refractivity contribution in [1.29, 1.82) is 0 Å². The number of halogens is 1. The van der Waals surface area contributed by atoms with Crippen molar-refractivity contribution in [2.75, 3.05) is 7.11 Å². The number of aryl methyl sites for hydroxylation is 1. The van der Waals surface area contributed by atoms with E-state index in [0.717, 1.165) is 31.4 Å². The number of hydrogen-bond acceptors (Lipinski definition) is 4. The van der Waals surface area contributed by atoms with E-state index in [-0.39, 0.29) is 0 Å². The van der Waals surface area contributed by atoms with Gasteiger partial charge in [-0.3, -0.25) is 0 Å². The maximum absolute atomic E-state index is 9.64. The van der Waals surface area contributed by atoms with Crippen molar-refractivity contribution in [3.05, 3.63) is 33.2 Å². The number of methoxy groups -OCH3 is 1. The largest absolute Gasteiger partial charge is 0.496 e. The third kappa shape index (κ3) is 2.58. The molecule has 0 spiro atoms. The fraction of sp³-hybridized carbons (Fsp3) is 0.308. The van der Waals surface area contributed by atoms with E-state index in [1.54, 1.807) is 14.0 Å².